The number of hydrogen-bond donors (Lipinski definition) is 0. The topological polar surface area (TPSA) is 42.7 Å². The van der Waals surface area contributed by atoms with E-state index in [1.54, 1.807) is 6.08 Å². The fraction of sp³-hybridized carbons (Fsp3) is 0.276. The van der Waals surface area contributed by atoms with Crippen molar-refractivity contribution in [1.82, 2.24) is 4.90 Å². The molecule has 0 atom stereocenters. The van der Waals surface area contributed by atoms with Crippen molar-refractivity contribution in [3.63, 3.8) is 0 Å². The maximum atomic E-state index is 12.8. The Morgan fingerprint density at radius 3 is 2.45 bits per heavy atom. The summed E-state index contributed by atoms with van der Waals surface area (Å²) >= 11 is 0. The summed E-state index contributed by atoms with van der Waals surface area (Å²) in [5.41, 5.74) is 5.72. The average molecular weight is 442 g/mol. The second kappa shape index (κ2) is 9.53. The Bertz CT molecular complexity index is 1340. The molecule has 3 aromatic carbocycles. The van der Waals surface area contributed by atoms with Gasteiger partial charge in [0.25, 0.3) is 0 Å². The number of aryl methyl sites for hydroxylation is 1. The number of amides is 1. The third-order valence-electron chi connectivity index (χ3n) is 6.25. The van der Waals surface area contributed by atoms with Gasteiger partial charge in [-0.1, -0.05) is 42.5 Å². The molecule has 0 fully saturated rings. The van der Waals surface area contributed by atoms with Crippen molar-refractivity contribution in [2.24, 2.45) is 0 Å². The summed E-state index contributed by atoms with van der Waals surface area (Å²) in [6.07, 6.45) is 3.55. The molecule has 1 heterocycles. The van der Waals surface area contributed by atoms with Crippen LogP contribution in [0.2, 0.25) is 0 Å². The van der Waals surface area contributed by atoms with Crippen LogP contribution in [0.3, 0.4) is 0 Å². The van der Waals surface area contributed by atoms with Gasteiger partial charge in [-0.15, -0.1) is 0 Å². The van der Waals surface area contributed by atoms with Gasteiger partial charge in [0.05, 0.1) is 12.9 Å². The number of nitrogens with zero attached hydrogens (tertiary/aromatic N) is 1. The van der Waals surface area contributed by atoms with Crippen LogP contribution in [-0.2, 0) is 4.79 Å². The van der Waals surface area contributed by atoms with Crippen LogP contribution in [0, 0.1) is 6.92 Å². The molecule has 4 nitrogen and oxygen atoms in total. The van der Waals surface area contributed by atoms with Gasteiger partial charge in [0, 0.05) is 41.2 Å². The maximum Gasteiger partial charge on any atom is 0.246 e. The van der Waals surface area contributed by atoms with Crippen molar-refractivity contribution in [1.29, 1.82) is 0 Å². The predicted octanol–water partition coefficient (Wildman–Crippen LogP) is 7.23. The molecule has 4 heteroatoms. The van der Waals surface area contributed by atoms with E-state index in [4.69, 9.17) is 9.15 Å². The van der Waals surface area contributed by atoms with E-state index in [-0.39, 0.29) is 5.91 Å². The van der Waals surface area contributed by atoms with Gasteiger partial charge in [0.1, 0.15) is 11.3 Å². The van der Waals surface area contributed by atoms with E-state index in [9.17, 15) is 4.79 Å². The number of rotatable bonds is 7. The van der Waals surface area contributed by atoms with Gasteiger partial charge >= 0.3 is 0 Å². The first kappa shape index (κ1) is 22.7. The van der Waals surface area contributed by atoms with Crippen molar-refractivity contribution in [2.75, 3.05) is 19.7 Å². The quantitative estimate of drug-likeness (QED) is 0.284. The van der Waals surface area contributed by atoms with Crippen LogP contribution in [0.5, 0.6) is 5.75 Å². The summed E-state index contributed by atoms with van der Waals surface area (Å²) in [5, 5.41) is 3.39. The fourth-order valence-electron chi connectivity index (χ4n) is 4.50. The molecule has 33 heavy (non-hydrogen) atoms. The third kappa shape index (κ3) is 4.13. The lowest BCUT2D eigenvalue weighted by Gasteiger charge is -2.18. The van der Waals surface area contributed by atoms with E-state index < -0.39 is 0 Å². The van der Waals surface area contributed by atoms with E-state index in [1.165, 1.54) is 10.8 Å². The number of carbonyl (C=O) groups is 1. The van der Waals surface area contributed by atoms with Crippen molar-refractivity contribution in [3.8, 4) is 16.9 Å². The smallest absolute Gasteiger partial charge is 0.246 e. The van der Waals surface area contributed by atoms with E-state index in [2.05, 4.69) is 48.5 Å². The van der Waals surface area contributed by atoms with Gasteiger partial charge in [0.2, 0.25) is 5.91 Å². The number of benzene rings is 3. The molecule has 4 rings (SSSR count). The highest BCUT2D eigenvalue weighted by Gasteiger charge is 2.20. The van der Waals surface area contributed by atoms with Crippen molar-refractivity contribution >= 4 is 33.2 Å². The summed E-state index contributed by atoms with van der Waals surface area (Å²) in [5.74, 6) is 0.782. The van der Waals surface area contributed by atoms with E-state index in [0.717, 1.165) is 44.5 Å². The first-order valence-corrected chi connectivity index (χ1v) is 11.6. The minimum absolute atomic E-state index is 0.0131. The second-order valence-corrected chi connectivity index (χ2v) is 8.20. The lowest BCUT2D eigenvalue weighted by molar-refractivity contribution is -0.125. The Morgan fingerprint density at radius 2 is 1.73 bits per heavy atom. The Labute approximate surface area is 195 Å². The van der Waals surface area contributed by atoms with Crippen LogP contribution in [0.1, 0.15) is 38.8 Å². The van der Waals surface area contributed by atoms with Gasteiger partial charge < -0.3 is 14.1 Å². The molecule has 170 valence electrons. The Hall–Kier alpha value is -3.53. The van der Waals surface area contributed by atoms with E-state index in [0.29, 0.717) is 19.7 Å². The molecule has 1 amide bonds. The molecule has 0 unspecified atom stereocenters. The largest absolute Gasteiger partial charge is 0.493 e. The summed E-state index contributed by atoms with van der Waals surface area (Å²) in [4.78, 5) is 14.6. The first-order valence-electron chi connectivity index (χ1n) is 11.6. The van der Waals surface area contributed by atoms with Gasteiger partial charge in [-0.3, -0.25) is 4.79 Å². The van der Waals surface area contributed by atoms with Crippen LogP contribution in [-0.4, -0.2) is 30.5 Å². The second-order valence-electron chi connectivity index (χ2n) is 8.20. The molecule has 0 aliphatic carbocycles. The minimum Gasteiger partial charge on any atom is -0.493 e. The molecule has 0 spiro atoms. The number of likely N-dealkylation sites (N-methyl/N-ethyl adjacent to an activating group) is 1. The molecule has 0 radical (unpaired) electrons. The van der Waals surface area contributed by atoms with Crippen molar-refractivity contribution in [2.45, 2.75) is 34.6 Å². The summed E-state index contributed by atoms with van der Waals surface area (Å²) < 4.78 is 12.1. The molecule has 0 bridgehead atoms. The van der Waals surface area contributed by atoms with E-state index >= 15 is 0 Å². The monoisotopic (exact) mass is 441 g/mol. The molecule has 0 aliphatic heterocycles. The molecule has 0 saturated carbocycles. The Morgan fingerprint density at radius 1 is 1.00 bits per heavy atom. The molecule has 1 aromatic heterocycles. The number of ether oxygens (including phenoxy) is 1. The van der Waals surface area contributed by atoms with Gasteiger partial charge in [-0.25, -0.2) is 0 Å². The lowest BCUT2D eigenvalue weighted by Crippen LogP contribution is -2.28. The highest BCUT2D eigenvalue weighted by molar-refractivity contribution is 6.07. The predicted molar refractivity (Wildman–Crippen MR) is 137 cm³/mol. The third-order valence-corrected chi connectivity index (χ3v) is 6.25. The molecular weight excluding hydrogens is 410 g/mol. The van der Waals surface area contributed by atoms with Gasteiger partial charge in [0.15, 0.2) is 0 Å². The SMILES string of the molecule is CCOc1c(/C(C)=C/C(=O)N(CC)CC)cc2c(-c3cccc4ccccc34)coc2c1C. The molecule has 0 N–H and O–H groups in total. The van der Waals surface area contributed by atoms with Gasteiger partial charge in [-0.2, -0.15) is 0 Å². The molecular formula is C29H31NO3. The number of allylic oxidation sites excluding steroid dienone is 1. The number of fused-ring (bicyclic) bond motifs is 2. The lowest BCUT2D eigenvalue weighted by atomic mass is 9.94. The van der Waals surface area contributed by atoms with E-state index in [1.807, 2.05) is 45.8 Å². The Kier molecular flexibility index (Phi) is 6.55. The zero-order valence-electron chi connectivity index (χ0n) is 20.1. The summed E-state index contributed by atoms with van der Waals surface area (Å²) in [7, 11) is 0. The Balaban J connectivity index is 1.94. The van der Waals surface area contributed by atoms with Crippen molar-refractivity contribution in [3.05, 3.63) is 72.0 Å². The first-order chi connectivity index (χ1) is 16.0. The molecule has 0 aliphatic rings. The molecule has 0 saturated heterocycles. The van der Waals surface area contributed by atoms with Crippen LogP contribution in [0.15, 0.2) is 65.3 Å². The van der Waals surface area contributed by atoms with Crippen LogP contribution >= 0.6 is 0 Å². The zero-order valence-corrected chi connectivity index (χ0v) is 20.1. The highest BCUT2D eigenvalue weighted by atomic mass is 16.5. The standard InChI is InChI=1S/C29H31NO3/c1-6-30(7-2)27(31)16-19(4)24-17-25-26(18-33-29(25)20(5)28(24)32-8-3)23-15-11-13-21-12-9-10-14-22(21)23/h9-18H,6-8H2,1-5H3/b19-16+. The fourth-order valence-corrected chi connectivity index (χ4v) is 4.50. The van der Waals surface area contributed by atoms with Crippen LogP contribution in [0.25, 0.3) is 38.4 Å². The normalized spacial score (nSPS) is 11.8. The number of carbonyl (C=O) groups excluding carboxylic acids is 1. The summed E-state index contributed by atoms with van der Waals surface area (Å²) in [6.45, 7) is 11.9. The van der Waals surface area contributed by atoms with Crippen LogP contribution < -0.4 is 4.74 Å². The maximum absolute atomic E-state index is 12.8. The highest BCUT2D eigenvalue weighted by Crippen LogP contribution is 2.42. The summed E-state index contributed by atoms with van der Waals surface area (Å²) in [6, 6.07) is 16.8. The zero-order chi connectivity index (χ0) is 23.5. The average Bonchev–Trinajstić information content (AvgIpc) is 3.25. The molecule has 4 aromatic rings. The minimum atomic E-state index is 0.0131. The van der Waals surface area contributed by atoms with Crippen molar-refractivity contribution < 1.29 is 13.9 Å². The number of hydrogen-bond acceptors (Lipinski definition) is 3. The number of furan rings is 1. The van der Waals surface area contributed by atoms with Gasteiger partial charge in [-0.05, 0) is 62.6 Å². The van der Waals surface area contributed by atoms with Crippen LogP contribution in [0.4, 0.5) is 0 Å².